The number of piperidine rings is 1. The highest BCUT2D eigenvalue weighted by atomic mass is 32.2. The van der Waals surface area contributed by atoms with Crippen molar-refractivity contribution in [3.05, 3.63) is 0 Å². The van der Waals surface area contributed by atoms with Gasteiger partial charge in [0.1, 0.15) is 5.84 Å². The molecule has 6 heteroatoms. The highest BCUT2D eigenvalue weighted by molar-refractivity contribution is 7.88. The fourth-order valence-corrected chi connectivity index (χ4v) is 2.75. The van der Waals surface area contributed by atoms with Gasteiger partial charge in [-0.2, -0.15) is 4.31 Å². The van der Waals surface area contributed by atoms with Gasteiger partial charge in [0, 0.05) is 6.54 Å². The molecule has 0 unspecified atom stereocenters. The van der Waals surface area contributed by atoms with Crippen molar-refractivity contribution in [2.24, 2.45) is 5.73 Å². The molecule has 1 heterocycles. The van der Waals surface area contributed by atoms with E-state index in [-0.39, 0.29) is 5.84 Å². The molecule has 0 bridgehead atoms. The van der Waals surface area contributed by atoms with Crippen molar-refractivity contribution in [3.8, 4) is 0 Å². The number of nitrogens with two attached hydrogens (primary N) is 1. The van der Waals surface area contributed by atoms with Gasteiger partial charge in [-0.25, -0.2) is 8.42 Å². The fraction of sp³-hybridized carbons (Fsp3) is 0.857. The lowest BCUT2D eigenvalue weighted by Crippen LogP contribution is -2.49. The third-order valence-electron chi connectivity index (χ3n) is 2.24. The second kappa shape index (κ2) is 3.63. The average molecular weight is 205 g/mol. The number of sulfonamides is 1. The van der Waals surface area contributed by atoms with E-state index in [0.717, 1.165) is 19.1 Å². The molecule has 0 aromatic carbocycles. The van der Waals surface area contributed by atoms with E-state index in [1.54, 1.807) is 0 Å². The molecule has 1 saturated heterocycles. The highest BCUT2D eigenvalue weighted by Crippen LogP contribution is 2.19. The molecule has 3 N–H and O–H groups in total. The number of rotatable bonds is 2. The maximum absolute atomic E-state index is 11.3. The van der Waals surface area contributed by atoms with E-state index in [0.29, 0.717) is 13.0 Å². The quantitative estimate of drug-likeness (QED) is 0.481. The molecular weight excluding hydrogens is 190 g/mol. The van der Waals surface area contributed by atoms with Crippen LogP contribution in [0.5, 0.6) is 0 Å². The van der Waals surface area contributed by atoms with Crippen LogP contribution in [0, 0.1) is 5.41 Å². The van der Waals surface area contributed by atoms with Crippen LogP contribution in [0.2, 0.25) is 0 Å². The molecule has 0 aromatic rings. The summed E-state index contributed by atoms with van der Waals surface area (Å²) in [6, 6.07) is -0.413. The fourth-order valence-electron chi connectivity index (χ4n) is 1.61. The summed E-state index contributed by atoms with van der Waals surface area (Å²) in [5.74, 6) is -0.0508. The Morgan fingerprint density at radius 1 is 1.54 bits per heavy atom. The van der Waals surface area contributed by atoms with Crippen molar-refractivity contribution < 1.29 is 8.42 Å². The van der Waals surface area contributed by atoms with Crippen LogP contribution in [0.15, 0.2) is 0 Å². The first kappa shape index (κ1) is 10.5. The van der Waals surface area contributed by atoms with Crippen molar-refractivity contribution in [2.45, 2.75) is 25.3 Å². The SMILES string of the molecule is CS(=O)(=O)N1CCCC[C@H]1C(=N)N. The van der Waals surface area contributed by atoms with Gasteiger partial charge in [-0.15, -0.1) is 0 Å². The van der Waals surface area contributed by atoms with E-state index in [2.05, 4.69) is 0 Å². The van der Waals surface area contributed by atoms with E-state index in [1.807, 2.05) is 0 Å². The van der Waals surface area contributed by atoms with Crippen LogP contribution in [0.1, 0.15) is 19.3 Å². The Kier molecular flexibility index (Phi) is 2.92. The molecule has 1 fully saturated rings. The van der Waals surface area contributed by atoms with E-state index >= 15 is 0 Å². The van der Waals surface area contributed by atoms with Gasteiger partial charge in [0.2, 0.25) is 10.0 Å². The highest BCUT2D eigenvalue weighted by Gasteiger charge is 2.30. The van der Waals surface area contributed by atoms with Gasteiger partial charge in [0.05, 0.1) is 12.3 Å². The van der Waals surface area contributed by atoms with Gasteiger partial charge >= 0.3 is 0 Å². The minimum atomic E-state index is -3.21. The van der Waals surface area contributed by atoms with Crippen LogP contribution in [-0.4, -0.2) is 37.4 Å². The summed E-state index contributed by atoms with van der Waals surface area (Å²) in [4.78, 5) is 0. The van der Waals surface area contributed by atoms with Gasteiger partial charge in [-0.1, -0.05) is 6.42 Å². The predicted octanol–water partition coefficient (Wildman–Crippen LogP) is -0.264. The van der Waals surface area contributed by atoms with Gasteiger partial charge in [0.15, 0.2) is 0 Å². The molecule has 1 aliphatic rings. The van der Waals surface area contributed by atoms with E-state index < -0.39 is 16.1 Å². The molecule has 0 saturated carbocycles. The second-order valence-electron chi connectivity index (χ2n) is 3.34. The third-order valence-corrected chi connectivity index (χ3v) is 3.53. The number of hydrogen-bond acceptors (Lipinski definition) is 3. The van der Waals surface area contributed by atoms with Crippen LogP contribution < -0.4 is 5.73 Å². The normalized spacial score (nSPS) is 25.8. The zero-order chi connectivity index (χ0) is 10.1. The Hall–Kier alpha value is -0.620. The lowest BCUT2D eigenvalue weighted by Gasteiger charge is -2.32. The zero-order valence-electron chi connectivity index (χ0n) is 7.66. The van der Waals surface area contributed by atoms with Crippen molar-refractivity contribution in [3.63, 3.8) is 0 Å². The smallest absolute Gasteiger partial charge is 0.211 e. The first-order valence-electron chi connectivity index (χ1n) is 4.23. The molecule has 1 rings (SSSR count). The first-order valence-corrected chi connectivity index (χ1v) is 6.08. The van der Waals surface area contributed by atoms with Gasteiger partial charge in [-0.3, -0.25) is 5.41 Å². The largest absolute Gasteiger partial charge is 0.386 e. The maximum Gasteiger partial charge on any atom is 0.211 e. The van der Waals surface area contributed by atoms with Crippen LogP contribution in [0.3, 0.4) is 0 Å². The monoisotopic (exact) mass is 205 g/mol. The van der Waals surface area contributed by atoms with E-state index in [9.17, 15) is 8.42 Å². The van der Waals surface area contributed by atoms with E-state index in [1.165, 1.54) is 4.31 Å². The number of amidine groups is 1. The summed E-state index contributed by atoms with van der Waals surface area (Å²) in [7, 11) is -3.21. The molecule has 1 aliphatic heterocycles. The standard InChI is InChI=1S/C7H15N3O2S/c1-13(11,12)10-5-3-2-4-6(10)7(8)9/h6H,2-5H2,1H3,(H3,8,9)/t6-/m0/s1. The molecular formula is C7H15N3O2S. The lowest BCUT2D eigenvalue weighted by molar-refractivity contribution is 0.305. The number of nitrogens with one attached hydrogen (secondary N) is 1. The molecule has 76 valence electrons. The van der Waals surface area contributed by atoms with Gasteiger partial charge in [0.25, 0.3) is 0 Å². The summed E-state index contributed by atoms with van der Waals surface area (Å²) >= 11 is 0. The molecule has 5 nitrogen and oxygen atoms in total. The zero-order valence-corrected chi connectivity index (χ0v) is 8.47. The molecule has 1 atom stereocenters. The lowest BCUT2D eigenvalue weighted by atomic mass is 10.0. The Morgan fingerprint density at radius 2 is 2.15 bits per heavy atom. The number of hydrogen-bond donors (Lipinski definition) is 2. The van der Waals surface area contributed by atoms with Crippen LogP contribution in [0.4, 0.5) is 0 Å². The summed E-state index contributed by atoms with van der Waals surface area (Å²) in [6.45, 7) is 0.489. The Balaban J connectivity index is 2.86. The summed E-state index contributed by atoms with van der Waals surface area (Å²) in [5.41, 5.74) is 5.33. The van der Waals surface area contributed by atoms with E-state index in [4.69, 9.17) is 11.1 Å². The van der Waals surface area contributed by atoms with Gasteiger partial charge < -0.3 is 5.73 Å². The molecule has 0 radical (unpaired) electrons. The second-order valence-corrected chi connectivity index (χ2v) is 5.28. The molecule has 0 spiro atoms. The topological polar surface area (TPSA) is 87.2 Å². The number of nitrogens with zero attached hydrogens (tertiary/aromatic N) is 1. The van der Waals surface area contributed by atoms with Crippen molar-refractivity contribution in [1.29, 1.82) is 5.41 Å². The van der Waals surface area contributed by atoms with Gasteiger partial charge in [-0.05, 0) is 12.8 Å². The van der Waals surface area contributed by atoms with Crippen LogP contribution >= 0.6 is 0 Å². The van der Waals surface area contributed by atoms with Crippen LogP contribution in [-0.2, 0) is 10.0 Å². The van der Waals surface area contributed by atoms with Crippen molar-refractivity contribution in [2.75, 3.05) is 12.8 Å². The molecule has 0 amide bonds. The van der Waals surface area contributed by atoms with Crippen LogP contribution in [0.25, 0.3) is 0 Å². The first-order chi connectivity index (χ1) is 5.93. The Morgan fingerprint density at radius 3 is 2.54 bits per heavy atom. The van der Waals surface area contributed by atoms with Crippen molar-refractivity contribution in [1.82, 2.24) is 4.31 Å². The molecule has 0 aliphatic carbocycles. The third kappa shape index (κ3) is 2.41. The predicted molar refractivity (Wildman–Crippen MR) is 51.1 cm³/mol. The minimum absolute atomic E-state index is 0.0508. The Bertz CT molecular complexity index is 299. The average Bonchev–Trinajstić information content (AvgIpc) is 2.03. The minimum Gasteiger partial charge on any atom is -0.386 e. The van der Waals surface area contributed by atoms with Crippen molar-refractivity contribution >= 4 is 15.9 Å². The Labute approximate surface area is 78.5 Å². The summed E-state index contributed by atoms with van der Waals surface area (Å²) in [5, 5.41) is 7.27. The maximum atomic E-state index is 11.3. The molecule has 13 heavy (non-hydrogen) atoms. The summed E-state index contributed by atoms with van der Waals surface area (Å²) in [6.07, 6.45) is 3.63. The summed E-state index contributed by atoms with van der Waals surface area (Å²) < 4.78 is 23.9. The molecule has 0 aromatic heterocycles.